The minimum Gasteiger partial charge on any atom is -0.387 e. The molecule has 0 spiro atoms. The van der Waals surface area contributed by atoms with E-state index in [1.54, 1.807) is 0 Å². The van der Waals surface area contributed by atoms with Crippen molar-refractivity contribution in [3.8, 4) is 0 Å². The van der Waals surface area contributed by atoms with Crippen LogP contribution < -0.4 is 17.0 Å². The van der Waals surface area contributed by atoms with Gasteiger partial charge in [0.2, 0.25) is 5.95 Å². The van der Waals surface area contributed by atoms with Crippen molar-refractivity contribution in [3.63, 3.8) is 0 Å². The van der Waals surface area contributed by atoms with Crippen molar-refractivity contribution in [2.45, 2.75) is 49.1 Å². The Bertz CT molecular complexity index is 2080. The SMILES string of the molecule is COCCOP1(=O)OCC2OC(n3cnc4c(=O)[nH]c(N)nc43)C(OP(=O)(OCCOC)OCC3OC(n4cnc5c(N)ncnc54)C(O)C3O1)C2O. The number of H-pyrrole nitrogens is 1. The number of hydrogen-bond acceptors (Lipinski definition) is 22. The number of aliphatic hydroxyl groups is 2. The van der Waals surface area contributed by atoms with Crippen molar-refractivity contribution >= 4 is 49.7 Å². The Morgan fingerprint density at radius 2 is 1.42 bits per heavy atom. The van der Waals surface area contributed by atoms with Gasteiger partial charge in [-0.25, -0.2) is 29.1 Å². The highest BCUT2D eigenvalue weighted by Crippen LogP contribution is 2.57. The van der Waals surface area contributed by atoms with Gasteiger partial charge in [0.15, 0.2) is 35.1 Å². The second-order valence-corrected chi connectivity index (χ2v) is 15.0. The summed E-state index contributed by atoms with van der Waals surface area (Å²) in [7, 11) is -6.70. The number of nitrogens with two attached hydrogens (primary N) is 2. The Labute approximate surface area is 297 Å². The van der Waals surface area contributed by atoms with Gasteiger partial charge in [-0.15, -0.1) is 0 Å². The molecule has 4 aromatic heterocycles. The Morgan fingerprint density at radius 1 is 0.811 bits per heavy atom. The molecular formula is C26H36N10O15P2. The molecule has 53 heavy (non-hydrogen) atoms. The van der Waals surface area contributed by atoms with Crippen LogP contribution in [-0.2, 0) is 55.2 Å². The number of phosphoric ester groups is 2. The quantitative estimate of drug-likeness (QED) is 0.0950. The molecule has 0 saturated carbocycles. The van der Waals surface area contributed by atoms with E-state index >= 15 is 0 Å². The second-order valence-electron chi connectivity index (χ2n) is 11.7. The molecule has 7 rings (SSSR count). The average Bonchev–Trinajstić information content (AvgIpc) is 3.88. The number of nitrogens with one attached hydrogen (secondary N) is 1. The minimum atomic E-state index is -4.76. The third-order valence-corrected chi connectivity index (χ3v) is 11.3. The van der Waals surface area contributed by atoms with Crippen LogP contribution in [0.5, 0.6) is 0 Å². The summed E-state index contributed by atoms with van der Waals surface area (Å²) in [5.74, 6) is -0.192. The van der Waals surface area contributed by atoms with Crippen LogP contribution in [0.1, 0.15) is 12.5 Å². The molecule has 290 valence electrons. The zero-order valence-corrected chi connectivity index (χ0v) is 29.8. The van der Waals surface area contributed by atoms with Crippen molar-refractivity contribution in [1.29, 1.82) is 0 Å². The first-order chi connectivity index (χ1) is 25.4. The van der Waals surface area contributed by atoms with Gasteiger partial charge in [0.25, 0.3) is 5.56 Å². The number of aromatic amines is 1. The van der Waals surface area contributed by atoms with Gasteiger partial charge in [-0.3, -0.25) is 46.1 Å². The summed E-state index contributed by atoms with van der Waals surface area (Å²) in [5.41, 5.74) is 11.2. The Hall–Kier alpha value is -3.52. The number of methoxy groups -OCH3 is 2. The largest absolute Gasteiger partial charge is 0.475 e. The summed E-state index contributed by atoms with van der Waals surface area (Å²) >= 11 is 0. The van der Waals surface area contributed by atoms with E-state index in [2.05, 4.69) is 29.9 Å². The summed E-state index contributed by atoms with van der Waals surface area (Å²) in [6.45, 7) is -2.06. The van der Waals surface area contributed by atoms with Crippen LogP contribution in [0.2, 0.25) is 0 Å². The molecule has 7 N–H and O–H groups in total. The highest BCUT2D eigenvalue weighted by atomic mass is 31.2. The fraction of sp³-hybridized carbons (Fsp3) is 0.615. The lowest BCUT2D eigenvalue weighted by atomic mass is 10.1. The maximum atomic E-state index is 14.4. The Morgan fingerprint density at radius 3 is 2.09 bits per heavy atom. The number of aromatic nitrogens is 8. The van der Waals surface area contributed by atoms with E-state index < -0.39 is 83.5 Å². The van der Waals surface area contributed by atoms with Crippen LogP contribution in [0.4, 0.5) is 11.8 Å². The molecule has 10 unspecified atom stereocenters. The smallest absolute Gasteiger partial charge is 0.387 e. The standard InChI is InChI=1S/C26H36N10O15P2/c1-42-3-5-44-52(40)46-7-12-16(37)19(25(48-12)36-11-32-15-22(36)33-26(28)34-23(15)39)51-53(41,45-6-4-43-2)47-8-13-18(50-52)17(38)24(49-13)35-10-31-14-20(27)29-9-30-21(14)35/h9-13,16-19,24-25,37-38H,3-8H2,1-2H3,(H2,27,29,30)(H3,28,33,34,39). The third kappa shape index (κ3) is 7.46. The van der Waals surface area contributed by atoms with E-state index in [0.717, 1.165) is 0 Å². The van der Waals surface area contributed by atoms with Crippen LogP contribution in [0.25, 0.3) is 22.3 Å². The minimum absolute atomic E-state index is 0.0384. The molecule has 4 aromatic rings. The third-order valence-electron chi connectivity index (χ3n) is 8.38. The number of rotatable bonds is 10. The molecule has 27 heteroatoms. The maximum absolute atomic E-state index is 14.4. The predicted molar refractivity (Wildman–Crippen MR) is 175 cm³/mol. The first-order valence-corrected chi connectivity index (χ1v) is 18.8. The second kappa shape index (κ2) is 15.3. The van der Waals surface area contributed by atoms with Crippen LogP contribution in [0.15, 0.2) is 23.8 Å². The lowest BCUT2D eigenvalue weighted by molar-refractivity contribution is -0.0718. The van der Waals surface area contributed by atoms with Crippen molar-refractivity contribution in [3.05, 3.63) is 29.3 Å². The molecule has 0 radical (unpaired) electrons. The van der Waals surface area contributed by atoms with Crippen molar-refractivity contribution in [1.82, 2.24) is 39.0 Å². The summed E-state index contributed by atoms with van der Waals surface area (Å²) in [6, 6.07) is 0. The Kier molecular flexibility index (Phi) is 10.9. The number of fused-ring (bicyclic) bond motifs is 5. The monoisotopic (exact) mass is 790 g/mol. The number of phosphoric acid groups is 2. The van der Waals surface area contributed by atoms with Crippen LogP contribution in [0.3, 0.4) is 0 Å². The van der Waals surface area contributed by atoms with Crippen LogP contribution >= 0.6 is 15.6 Å². The van der Waals surface area contributed by atoms with Gasteiger partial charge in [-0.1, -0.05) is 0 Å². The first kappa shape index (κ1) is 37.8. The van der Waals surface area contributed by atoms with Crippen molar-refractivity contribution < 1.29 is 65.4 Å². The van der Waals surface area contributed by atoms with Gasteiger partial charge in [0.1, 0.15) is 48.5 Å². The molecule has 3 aliphatic heterocycles. The van der Waals surface area contributed by atoms with E-state index in [-0.39, 0.29) is 60.5 Å². The highest BCUT2D eigenvalue weighted by molar-refractivity contribution is 7.48. The summed E-state index contributed by atoms with van der Waals surface area (Å²) in [4.78, 5) is 35.4. The topological polar surface area (TPSA) is 326 Å². The van der Waals surface area contributed by atoms with E-state index in [9.17, 15) is 24.1 Å². The van der Waals surface area contributed by atoms with Gasteiger partial charge < -0.3 is 40.6 Å². The highest BCUT2D eigenvalue weighted by Gasteiger charge is 2.55. The zero-order chi connectivity index (χ0) is 37.5. The molecule has 2 bridgehead atoms. The summed E-state index contributed by atoms with van der Waals surface area (Å²) in [5, 5.41) is 23.2. The number of imidazole rings is 2. The number of aliphatic hydroxyl groups excluding tert-OH is 2. The van der Waals surface area contributed by atoms with Gasteiger partial charge in [0, 0.05) is 14.2 Å². The van der Waals surface area contributed by atoms with E-state index in [0.29, 0.717) is 0 Å². The molecule has 7 heterocycles. The number of nitrogens with zero attached hydrogens (tertiary/aromatic N) is 7. The lowest BCUT2D eigenvalue weighted by Crippen LogP contribution is -2.36. The van der Waals surface area contributed by atoms with Crippen molar-refractivity contribution in [2.24, 2.45) is 0 Å². The fourth-order valence-electron chi connectivity index (χ4n) is 5.88. The number of hydrogen-bond donors (Lipinski definition) is 5. The van der Waals surface area contributed by atoms with Gasteiger partial charge >= 0.3 is 15.6 Å². The van der Waals surface area contributed by atoms with Crippen LogP contribution in [0, 0.1) is 0 Å². The van der Waals surface area contributed by atoms with E-state index in [1.165, 1.54) is 42.3 Å². The number of anilines is 2. The molecule has 10 atom stereocenters. The molecule has 0 amide bonds. The van der Waals surface area contributed by atoms with Gasteiger partial charge in [-0.05, 0) is 0 Å². The number of ether oxygens (including phenoxy) is 4. The Balaban J connectivity index is 1.27. The molecule has 25 nitrogen and oxygen atoms in total. The summed E-state index contributed by atoms with van der Waals surface area (Å²) < 4.78 is 87.9. The van der Waals surface area contributed by atoms with Gasteiger partial charge in [0.05, 0.1) is 52.3 Å². The molecule has 3 fully saturated rings. The van der Waals surface area contributed by atoms with E-state index in [4.69, 9.17) is 57.6 Å². The molecule has 3 saturated heterocycles. The molecular weight excluding hydrogens is 754 g/mol. The average molecular weight is 791 g/mol. The maximum Gasteiger partial charge on any atom is 0.475 e. The van der Waals surface area contributed by atoms with E-state index in [1.807, 2.05) is 0 Å². The zero-order valence-electron chi connectivity index (χ0n) is 28.0. The molecule has 0 aromatic carbocycles. The predicted octanol–water partition coefficient (Wildman–Crippen LogP) is -1.00. The normalized spacial score (nSPS) is 33.8. The number of nitrogen functional groups attached to an aromatic ring is 2. The summed E-state index contributed by atoms with van der Waals surface area (Å²) in [6.07, 6.45) is -8.34. The lowest BCUT2D eigenvalue weighted by Gasteiger charge is -2.28. The molecule has 0 aliphatic carbocycles. The van der Waals surface area contributed by atoms with Crippen molar-refractivity contribution in [2.75, 3.05) is 65.3 Å². The molecule has 3 aliphatic rings. The first-order valence-electron chi connectivity index (χ1n) is 15.9. The fourth-order valence-corrected chi connectivity index (χ4v) is 8.61. The van der Waals surface area contributed by atoms with Crippen LogP contribution in [-0.4, -0.2) is 140 Å². The van der Waals surface area contributed by atoms with Gasteiger partial charge in [-0.2, -0.15) is 4.98 Å².